The van der Waals surface area contributed by atoms with Gasteiger partial charge >= 0.3 is 18.9 Å². The summed E-state index contributed by atoms with van der Waals surface area (Å²) in [7, 11) is -4.25. The van der Waals surface area contributed by atoms with Crippen LogP contribution >= 0.6 is 7.60 Å². The summed E-state index contributed by atoms with van der Waals surface area (Å²) in [4.78, 5) is 21.3. The molecule has 0 N–H and O–H groups in total. The van der Waals surface area contributed by atoms with Crippen molar-refractivity contribution in [2.24, 2.45) is 5.41 Å². The van der Waals surface area contributed by atoms with Gasteiger partial charge in [0.1, 0.15) is 0 Å². The summed E-state index contributed by atoms with van der Waals surface area (Å²) < 4.78 is 15.3. The molecular formula is C7H14LiO4P. The summed E-state index contributed by atoms with van der Waals surface area (Å²) >= 11 is 0. The molecule has 72 valence electrons. The number of hydrogen-bond donors (Lipinski definition) is 0. The maximum Gasteiger partial charge on any atom is 1.00 e. The Hall–Kier alpha value is 0.417. The van der Waals surface area contributed by atoms with E-state index in [1.165, 1.54) is 0 Å². The molecule has 0 aliphatic heterocycles. The molecule has 0 aliphatic rings. The molecular weight excluding hydrogens is 186 g/mol. The van der Waals surface area contributed by atoms with Gasteiger partial charge in [0.2, 0.25) is 5.52 Å². The van der Waals surface area contributed by atoms with Crippen LogP contribution in [-0.4, -0.2) is 12.1 Å². The standard InChI is InChI=1S/C7H15O4P.Li/c1-6(8)12(9,10)11-5-7(2,3)4;/h5H2,1-4H3,(H,9,10);/q;+1/p-1. The van der Waals surface area contributed by atoms with Crippen LogP contribution in [0.4, 0.5) is 0 Å². The van der Waals surface area contributed by atoms with E-state index >= 15 is 0 Å². The molecule has 6 heteroatoms. The van der Waals surface area contributed by atoms with Crippen molar-refractivity contribution < 1.29 is 37.6 Å². The predicted molar refractivity (Wildman–Crippen MR) is 43.7 cm³/mol. The van der Waals surface area contributed by atoms with Gasteiger partial charge in [-0.05, 0) is 5.41 Å². The van der Waals surface area contributed by atoms with Gasteiger partial charge in [-0.2, -0.15) is 0 Å². The minimum absolute atomic E-state index is 0. The van der Waals surface area contributed by atoms with Crippen LogP contribution in [0.2, 0.25) is 0 Å². The van der Waals surface area contributed by atoms with Crippen molar-refractivity contribution in [1.29, 1.82) is 0 Å². The molecule has 0 aromatic heterocycles. The van der Waals surface area contributed by atoms with Crippen molar-refractivity contribution in [3.8, 4) is 0 Å². The van der Waals surface area contributed by atoms with Crippen LogP contribution in [0.25, 0.3) is 0 Å². The summed E-state index contributed by atoms with van der Waals surface area (Å²) in [5.74, 6) is 0. The molecule has 0 aromatic rings. The molecule has 0 aromatic carbocycles. The van der Waals surface area contributed by atoms with Crippen molar-refractivity contribution in [2.45, 2.75) is 27.7 Å². The third kappa shape index (κ3) is 7.49. The van der Waals surface area contributed by atoms with Crippen molar-refractivity contribution in [3.05, 3.63) is 0 Å². The molecule has 0 spiro atoms. The zero-order valence-electron chi connectivity index (χ0n) is 8.79. The monoisotopic (exact) mass is 200 g/mol. The van der Waals surface area contributed by atoms with Crippen LogP contribution in [0.1, 0.15) is 27.7 Å². The molecule has 0 saturated heterocycles. The predicted octanol–water partition coefficient (Wildman–Crippen LogP) is -1.85. The van der Waals surface area contributed by atoms with E-state index in [2.05, 4.69) is 4.52 Å². The first-order valence-corrected chi connectivity index (χ1v) is 5.16. The van der Waals surface area contributed by atoms with Crippen LogP contribution in [0.5, 0.6) is 0 Å². The molecule has 1 atom stereocenters. The molecule has 4 nitrogen and oxygen atoms in total. The Morgan fingerprint density at radius 1 is 1.46 bits per heavy atom. The molecule has 0 bridgehead atoms. The molecule has 0 rings (SSSR count). The minimum atomic E-state index is -4.25. The van der Waals surface area contributed by atoms with E-state index in [-0.39, 0.29) is 30.9 Å². The smallest absolute Gasteiger partial charge is 0.773 e. The maximum absolute atomic E-state index is 10.8. The van der Waals surface area contributed by atoms with E-state index < -0.39 is 13.1 Å². The van der Waals surface area contributed by atoms with Gasteiger partial charge in [0.25, 0.3) is 0 Å². The Bertz CT molecular complexity index is 221. The number of carbonyl (C=O) groups is 1. The zero-order chi connectivity index (χ0) is 9.99. The molecule has 13 heavy (non-hydrogen) atoms. The van der Waals surface area contributed by atoms with Gasteiger partial charge in [-0.15, -0.1) is 0 Å². The van der Waals surface area contributed by atoms with Gasteiger partial charge < -0.3 is 14.0 Å². The van der Waals surface area contributed by atoms with Crippen LogP contribution in [0, 0.1) is 5.41 Å². The Morgan fingerprint density at radius 2 is 1.85 bits per heavy atom. The average molecular weight is 200 g/mol. The summed E-state index contributed by atoms with van der Waals surface area (Å²) in [5, 5.41) is 0. The fourth-order valence-corrected chi connectivity index (χ4v) is 1.11. The fraction of sp³-hybridized carbons (Fsp3) is 0.857. The Balaban J connectivity index is 0. The molecule has 1 unspecified atom stereocenters. The van der Waals surface area contributed by atoms with Crippen molar-refractivity contribution in [1.82, 2.24) is 0 Å². The second-order valence-corrected chi connectivity index (χ2v) is 5.73. The van der Waals surface area contributed by atoms with E-state index in [1.807, 2.05) is 20.8 Å². The second-order valence-electron chi connectivity index (χ2n) is 3.85. The Kier molecular flexibility index (Phi) is 6.51. The van der Waals surface area contributed by atoms with Gasteiger partial charge in [0, 0.05) is 6.92 Å². The van der Waals surface area contributed by atoms with Gasteiger partial charge in [0.15, 0.2) is 7.60 Å². The van der Waals surface area contributed by atoms with E-state index in [0.717, 1.165) is 6.92 Å². The first-order chi connectivity index (χ1) is 5.15. The summed E-state index contributed by atoms with van der Waals surface area (Å²) in [5.41, 5.74) is -1.18. The van der Waals surface area contributed by atoms with E-state index in [1.54, 1.807) is 0 Å². The summed E-state index contributed by atoms with van der Waals surface area (Å²) in [6.07, 6.45) is 0. The number of hydrogen-bond acceptors (Lipinski definition) is 4. The first-order valence-electron chi connectivity index (χ1n) is 3.62. The third-order valence-electron chi connectivity index (χ3n) is 1.05. The van der Waals surface area contributed by atoms with E-state index in [0.29, 0.717) is 0 Å². The molecule has 0 aliphatic carbocycles. The van der Waals surface area contributed by atoms with Crippen LogP contribution in [0.3, 0.4) is 0 Å². The normalized spacial score (nSPS) is 15.8. The number of carbonyl (C=O) groups excluding carboxylic acids is 1. The Morgan fingerprint density at radius 3 is 2.08 bits per heavy atom. The topological polar surface area (TPSA) is 66.4 Å². The third-order valence-corrected chi connectivity index (χ3v) is 2.29. The molecule has 0 heterocycles. The van der Waals surface area contributed by atoms with Crippen LogP contribution in [-0.2, 0) is 13.9 Å². The maximum atomic E-state index is 10.8. The summed E-state index contributed by atoms with van der Waals surface area (Å²) in [6.45, 7) is 6.50. The van der Waals surface area contributed by atoms with E-state index in [4.69, 9.17) is 0 Å². The number of rotatable bonds is 3. The fourth-order valence-electron chi connectivity index (χ4n) is 0.370. The molecule has 0 fully saturated rings. The van der Waals surface area contributed by atoms with Crippen LogP contribution < -0.4 is 23.8 Å². The van der Waals surface area contributed by atoms with Gasteiger partial charge in [0.05, 0.1) is 6.61 Å². The van der Waals surface area contributed by atoms with Crippen LogP contribution in [0.15, 0.2) is 0 Å². The Labute approximate surface area is 90.8 Å². The SMILES string of the molecule is CC(=O)P(=O)([O-])OCC(C)(C)C.[Li+]. The minimum Gasteiger partial charge on any atom is -0.773 e. The first kappa shape index (κ1) is 15.9. The molecule has 0 saturated carbocycles. The van der Waals surface area contributed by atoms with Gasteiger partial charge in [-0.1, -0.05) is 20.8 Å². The van der Waals surface area contributed by atoms with Crippen molar-refractivity contribution in [2.75, 3.05) is 6.61 Å². The second kappa shape index (κ2) is 5.34. The van der Waals surface area contributed by atoms with Gasteiger partial charge in [-0.3, -0.25) is 4.79 Å². The summed E-state index contributed by atoms with van der Waals surface area (Å²) in [6, 6.07) is 0. The molecule has 0 amide bonds. The van der Waals surface area contributed by atoms with Crippen molar-refractivity contribution >= 4 is 13.1 Å². The zero-order valence-corrected chi connectivity index (χ0v) is 9.68. The quantitative estimate of drug-likeness (QED) is 0.396. The van der Waals surface area contributed by atoms with Crippen molar-refractivity contribution in [3.63, 3.8) is 0 Å². The van der Waals surface area contributed by atoms with Gasteiger partial charge in [-0.25, -0.2) is 0 Å². The molecule has 0 radical (unpaired) electrons. The average Bonchev–Trinajstić information content (AvgIpc) is 1.82. The van der Waals surface area contributed by atoms with E-state index in [9.17, 15) is 14.3 Å². The largest absolute Gasteiger partial charge is 1.00 e.